The van der Waals surface area contributed by atoms with E-state index in [1.54, 1.807) is 6.08 Å². The maximum Gasteiger partial charge on any atom is 0.239 e. The molecule has 3 aliphatic carbocycles. The Kier molecular flexibility index (Phi) is 12.3. The van der Waals surface area contributed by atoms with Crippen molar-refractivity contribution in [2.45, 2.75) is 82.1 Å². The Morgan fingerprint density at radius 1 is 0.914 bits per heavy atom. The van der Waals surface area contributed by atoms with Crippen LogP contribution >= 0.6 is 0 Å². The first-order valence-corrected chi connectivity index (χ1v) is 21.1. The number of unbranched alkanes of at least 4 members (excludes halogenated alkanes) is 2. The molecule has 1 heterocycles. The number of fused-ring (bicyclic) bond motifs is 3. The number of likely N-dealkylation sites (N-methyl/N-ethyl adjacent to an activating group) is 1. The summed E-state index contributed by atoms with van der Waals surface area (Å²) in [5.74, 6) is 0.733. The van der Waals surface area contributed by atoms with Crippen molar-refractivity contribution in [3.05, 3.63) is 126 Å². The van der Waals surface area contributed by atoms with Crippen LogP contribution in [0.4, 0.5) is 0 Å². The minimum Gasteiger partial charge on any atom is -0.459 e. The second kappa shape index (κ2) is 17.9. The van der Waals surface area contributed by atoms with Crippen LogP contribution in [0.2, 0.25) is 0 Å². The number of oxime groups is 1. The van der Waals surface area contributed by atoms with Gasteiger partial charge in [-0.2, -0.15) is 0 Å². The van der Waals surface area contributed by atoms with Crippen LogP contribution < -0.4 is 9.47 Å². The van der Waals surface area contributed by atoms with Crippen LogP contribution in [0.3, 0.4) is 0 Å². The zero-order chi connectivity index (χ0) is 40.1. The van der Waals surface area contributed by atoms with Gasteiger partial charge in [0.1, 0.15) is 29.9 Å². The van der Waals surface area contributed by atoms with Crippen molar-refractivity contribution >= 4 is 22.4 Å². The molecule has 58 heavy (non-hydrogen) atoms. The molecule has 1 aliphatic heterocycles. The van der Waals surface area contributed by atoms with Crippen LogP contribution in [-0.2, 0) is 21.0 Å². The number of nitrogens with zero attached hydrogens (tertiary/aromatic N) is 2. The lowest BCUT2D eigenvalue weighted by Gasteiger charge is -2.59. The molecular formula is C49H56N2O7. The fraction of sp³-hybridized carbons (Fsp3) is 0.429. The van der Waals surface area contributed by atoms with Gasteiger partial charge in [-0.05, 0) is 103 Å². The monoisotopic (exact) mass is 784 g/mol. The summed E-state index contributed by atoms with van der Waals surface area (Å²) in [5.41, 5.74) is 3.85. The number of hydrogen-bond donors (Lipinski definition) is 2. The van der Waals surface area contributed by atoms with Crippen molar-refractivity contribution < 1.29 is 34.1 Å². The second-order valence-corrected chi connectivity index (χ2v) is 16.4. The van der Waals surface area contributed by atoms with Crippen LogP contribution in [-0.4, -0.2) is 65.4 Å². The molecule has 9 heteroatoms. The van der Waals surface area contributed by atoms with Crippen molar-refractivity contribution in [1.29, 1.82) is 0 Å². The standard InChI is InChI=1S/C49H56N2O7/c1-3-27-55-49-45(51(2)48(54)35-19-20-35)31-43(50-56-32-33-13-5-4-6-14-33)41-29-37(17-9-11-25-52)40(18-10-12-26-53)46(47(41)49)42-30-39(23-24-44(42)58-49)57-38-22-21-34-15-7-8-16-36(34)28-38/h3-8,13-16,21-24,28-30,35,37,40,45-47,52-53H,1,9-12,17-20,25-27,31-32H2,2H3/t37-,40+,45-,46+,47+,49+/m0/s1. The predicted molar refractivity (Wildman–Crippen MR) is 226 cm³/mol. The number of hydrogen-bond acceptors (Lipinski definition) is 8. The van der Waals surface area contributed by atoms with Crippen LogP contribution in [0.5, 0.6) is 17.2 Å². The van der Waals surface area contributed by atoms with Crippen LogP contribution in [0.1, 0.15) is 74.8 Å². The fourth-order valence-corrected chi connectivity index (χ4v) is 9.69. The number of amides is 1. The van der Waals surface area contributed by atoms with Crippen LogP contribution in [0.25, 0.3) is 10.8 Å². The Morgan fingerprint density at radius 3 is 2.40 bits per heavy atom. The maximum absolute atomic E-state index is 14.1. The molecule has 4 aliphatic rings. The van der Waals surface area contributed by atoms with E-state index in [9.17, 15) is 15.0 Å². The van der Waals surface area contributed by atoms with Crippen molar-refractivity contribution in [2.24, 2.45) is 28.8 Å². The molecule has 304 valence electrons. The van der Waals surface area contributed by atoms with Gasteiger partial charge in [0.25, 0.3) is 0 Å². The van der Waals surface area contributed by atoms with Crippen molar-refractivity contribution in [1.82, 2.24) is 4.90 Å². The number of rotatable bonds is 18. The highest BCUT2D eigenvalue weighted by molar-refractivity contribution is 6.03. The molecule has 2 N–H and O–H groups in total. The zero-order valence-corrected chi connectivity index (χ0v) is 33.5. The molecule has 0 saturated heterocycles. The lowest BCUT2D eigenvalue weighted by molar-refractivity contribution is -0.255. The topological polar surface area (TPSA) is 110 Å². The maximum atomic E-state index is 14.1. The molecule has 2 fully saturated rings. The number of ether oxygens (including phenoxy) is 3. The molecule has 2 saturated carbocycles. The Bertz CT molecular complexity index is 2130. The average Bonchev–Trinajstić information content (AvgIpc) is 4.10. The highest BCUT2D eigenvalue weighted by Gasteiger charge is 2.65. The number of benzene rings is 4. The number of aliphatic hydroxyl groups is 2. The summed E-state index contributed by atoms with van der Waals surface area (Å²) in [7, 11) is 1.88. The van der Waals surface area contributed by atoms with Crippen molar-refractivity contribution in [3.8, 4) is 17.2 Å². The first-order chi connectivity index (χ1) is 28.4. The minimum atomic E-state index is -1.26. The van der Waals surface area contributed by atoms with Gasteiger partial charge in [0.15, 0.2) is 0 Å². The predicted octanol–water partition coefficient (Wildman–Crippen LogP) is 9.33. The summed E-state index contributed by atoms with van der Waals surface area (Å²) < 4.78 is 21.0. The van der Waals surface area contributed by atoms with E-state index >= 15 is 0 Å². The molecule has 4 aromatic rings. The molecular weight excluding hydrogens is 729 g/mol. The second-order valence-electron chi connectivity index (χ2n) is 16.4. The van der Waals surface area contributed by atoms with Gasteiger partial charge in [0.2, 0.25) is 11.7 Å². The first kappa shape index (κ1) is 39.8. The van der Waals surface area contributed by atoms with E-state index in [4.69, 9.17) is 24.2 Å². The summed E-state index contributed by atoms with van der Waals surface area (Å²) in [6.45, 7) is 4.83. The minimum absolute atomic E-state index is 0.0110. The molecule has 8 rings (SSSR count). The van der Waals surface area contributed by atoms with Crippen LogP contribution in [0, 0.1) is 23.7 Å². The number of aliphatic hydroxyl groups excluding tert-OH is 2. The van der Waals surface area contributed by atoms with Gasteiger partial charge in [0.05, 0.1) is 18.2 Å². The third kappa shape index (κ3) is 8.17. The van der Waals surface area contributed by atoms with Crippen molar-refractivity contribution in [3.63, 3.8) is 0 Å². The van der Waals surface area contributed by atoms with E-state index in [0.717, 1.165) is 77.5 Å². The summed E-state index contributed by atoms with van der Waals surface area (Å²) in [6.07, 6.45) is 11.1. The summed E-state index contributed by atoms with van der Waals surface area (Å²) >= 11 is 0. The first-order valence-electron chi connectivity index (χ1n) is 21.1. The van der Waals surface area contributed by atoms with Gasteiger partial charge in [-0.3, -0.25) is 4.79 Å². The van der Waals surface area contributed by atoms with Gasteiger partial charge in [-0.25, -0.2) is 0 Å². The normalized spacial score (nSPS) is 25.3. The zero-order valence-electron chi connectivity index (χ0n) is 33.5. The average molecular weight is 785 g/mol. The van der Waals surface area contributed by atoms with E-state index in [2.05, 4.69) is 43.0 Å². The Labute approximate surface area is 341 Å². The highest BCUT2D eigenvalue weighted by Crippen LogP contribution is 2.62. The highest BCUT2D eigenvalue weighted by atomic mass is 16.7. The largest absolute Gasteiger partial charge is 0.459 e. The number of carbonyl (C=O) groups is 1. The van der Waals surface area contributed by atoms with E-state index in [1.165, 1.54) is 0 Å². The molecule has 0 radical (unpaired) electrons. The third-order valence-electron chi connectivity index (χ3n) is 12.6. The quantitative estimate of drug-likeness (QED) is 0.0588. The van der Waals surface area contributed by atoms with Gasteiger partial charge in [-0.1, -0.05) is 90.8 Å². The van der Waals surface area contributed by atoms with Gasteiger partial charge in [0, 0.05) is 44.1 Å². The van der Waals surface area contributed by atoms with E-state index < -0.39 is 11.8 Å². The van der Waals surface area contributed by atoms with E-state index in [1.807, 2.05) is 72.6 Å². The van der Waals surface area contributed by atoms with E-state index in [0.29, 0.717) is 37.4 Å². The molecule has 1 amide bonds. The smallest absolute Gasteiger partial charge is 0.239 e. The summed E-state index contributed by atoms with van der Waals surface area (Å²) in [4.78, 5) is 22.1. The van der Waals surface area contributed by atoms with Gasteiger partial charge >= 0.3 is 0 Å². The Morgan fingerprint density at radius 2 is 1.64 bits per heavy atom. The Hall–Kier alpha value is -4.96. The molecule has 0 unspecified atom stereocenters. The molecule has 9 nitrogen and oxygen atoms in total. The van der Waals surface area contributed by atoms with Crippen LogP contribution in [0.15, 0.2) is 120 Å². The third-order valence-corrected chi connectivity index (χ3v) is 12.6. The number of carbonyl (C=O) groups excluding carboxylic acids is 1. The lowest BCUT2D eigenvalue weighted by Crippen LogP contribution is -2.69. The molecule has 0 spiro atoms. The SMILES string of the molecule is C=CCO[C@@]12Oc3ccc(Oc4ccc5ccccc5c4)cc3[C@H]3[C@H](CCCCO)[C@@H](CCCCO)C=C(C(=NOCc4ccccc4)C[C@@H]1N(C)C(=O)C1CC1)[C@H]32. The van der Waals surface area contributed by atoms with Gasteiger partial charge in [-0.15, -0.1) is 6.58 Å². The number of allylic oxidation sites excluding steroid dienone is 1. The molecule has 0 aromatic heterocycles. The molecule has 0 bridgehead atoms. The Balaban J connectivity index is 1.28. The molecule has 4 aromatic carbocycles. The lowest BCUT2D eigenvalue weighted by atomic mass is 9.55. The molecule has 6 atom stereocenters. The summed E-state index contributed by atoms with van der Waals surface area (Å²) in [5, 5.41) is 27.0. The van der Waals surface area contributed by atoms with Gasteiger partial charge < -0.3 is 34.2 Å². The fourth-order valence-electron chi connectivity index (χ4n) is 9.69. The summed E-state index contributed by atoms with van der Waals surface area (Å²) in [6, 6.07) is 29.9. The van der Waals surface area contributed by atoms with Crippen molar-refractivity contribution in [2.75, 3.05) is 26.9 Å². The van der Waals surface area contributed by atoms with E-state index in [-0.39, 0.29) is 55.3 Å².